The number of phenolic OH excluding ortho intramolecular Hbond substituents is 1. The Bertz CT molecular complexity index is 1120. The lowest BCUT2D eigenvalue weighted by Crippen LogP contribution is -2.19. The van der Waals surface area contributed by atoms with E-state index in [0.717, 1.165) is 22.0 Å². The van der Waals surface area contributed by atoms with Gasteiger partial charge in [0.1, 0.15) is 0 Å². The maximum absolute atomic E-state index is 12.4. The summed E-state index contributed by atoms with van der Waals surface area (Å²) in [5, 5.41) is 15.3. The number of aromatic hydroxyl groups is 1. The third-order valence-corrected chi connectivity index (χ3v) is 5.13. The summed E-state index contributed by atoms with van der Waals surface area (Å²) in [6.45, 7) is 2.30. The Balaban J connectivity index is 1.63. The largest absolute Gasteiger partial charge is 0.504 e. The highest BCUT2D eigenvalue weighted by molar-refractivity contribution is 8.18. The molecule has 1 saturated heterocycles. The lowest BCUT2D eigenvalue weighted by molar-refractivity contribution is -0.115. The van der Waals surface area contributed by atoms with Crippen LogP contribution in [0.4, 0.5) is 5.69 Å². The van der Waals surface area contributed by atoms with Crippen molar-refractivity contribution in [3.05, 3.63) is 71.1 Å². The van der Waals surface area contributed by atoms with E-state index in [9.17, 15) is 9.90 Å². The number of carbonyl (C=O) groups excluding carboxylic acids is 1. The van der Waals surface area contributed by atoms with Crippen LogP contribution in [0.15, 0.2) is 70.6 Å². The highest BCUT2D eigenvalue weighted by Crippen LogP contribution is 2.33. The fourth-order valence-corrected chi connectivity index (χ4v) is 3.77. The summed E-state index contributed by atoms with van der Waals surface area (Å²) in [4.78, 5) is 17.5. The molecule has 3 aromatic carbocycles. The quantitative estimate of drug-likeness (QED) is 0.626. The molecule has 1 heterocycles. The number of hydrogen-bond acceptors (Lipinski definition) is 5. The van der Waals surface area contributed by atoms with Gasteiger partial charge in [-0.1, -0.05) is 42.5 Å². The molecule has 1 aliphatic heterocycles. The second-order valence-electron chi connectivity index (χ2n) is 6.14. The van der Waals surface area contributed by atoms with Gasteiger partial charge in [0, 0.05) is 5.39 Å². The van der Waals surface area contributed by atoms with Crippen LogP contribution in [0.2, 0.25) is 0 Å². The second-order valence-corrected chi connectivity index (χ2v) is 7.17. The van der Waals surface area contributed by atoms with Crippen molar-refractivity contribution in [1.82, 2.24) is 5.32 Å². The molecule has 0 aromatic heterocycles. The van der Waals surface area contributed by atoms with Crippen LogP contribution in [0.5, 0.6) is 11.5 Å². The van der Waals surface area contributed by atoms with Gasteiger partial charge in [0.25, 0.3) is 5.91 Å². The Morgan fingerprint density at radius 1 is 1.14 bits per heavy atom. The highest BCUT2D eigenvalue weighted by atomic mass is 32.2. The van der Waals surface area contributed by atoms with E-state index in [-0.39, 0.29) is 11.7 Å². The molecule has 0 radical (unpaired) electrons. The van der Waals surface area contributed by atoms with Gasteiger partial charge >= 0.3 is 0 Å². The molecule has 1 aliphatic rings. The van der Waals surface area contributed by atoms with Crippen LogP contribution < -0.4 is 10.1 Å². The summed E-state index contributed by atoms with van der Waals surface area (Å²) in [5.74, 6) is 0.269. The van der Waals surface area contributed by atoms with Gasteiger partial charge in [0.15, 0.2) is 16.7 Å². The molecule has 1 amide bonds. The van der Waals surface area contributed by atoms with Crippen molar-refractivity contribution < 1.29 is 14.6 Å². The third kappa shape index (κ3) is 3.73. The molecule has 140 valence electrons. The number of amidine groups is 1. The van der Waals surface area contributed by atoms with Crippen molar-refractivity contribution in [2.24, 2.45) is 4.99 Å². The SMILES string of the molecule is CCOc1cc(C=C2SC(=Nc3cccc4ccccc34)NC2=O)ccc1O. The Morgan fingerprint density at radius 3 is 2.82 bits per heavy atom. The molecular formula is C22H18N2O3S. The van der Waals surface area contributed by atoms with Crippen molar-refractivity contribution in [2.75, 3.05) is 6.61 Å². The van der Waals surface area contributed by atoms with E-state index in [0.29, 0.717) is 22.4 Å². The normalized spacial score (nSPS) is 16.7. The number of amides is 1. The summed E-state index contributed by atoms with van der Waals surface area (Å²) in [7, 11) is 0. The summed E-state index contributed by atoms with van der Waals surface area (Å²) >= 11 is 1.29. The van der Waals surface area contributed by atoms with E-state index in [4.69, 9.17) is 4.74 Å². The van der Waals surface area contributed by atoms with Gasteiger partial charge in [0.05, 0.1) is 17.2 Å². The molecule has 2 N–H and O–H groups in total. The fourth-order valence-electron chi connectivity index (χ4n) is 2.94. The van der Waals surface area contributed by atoms with Crippen molar-refractivity contribution >= 4 is 45.4 Å². The lowest BCUT2D eigenvalue weighted by Gasteiger charge is -2.06. The average molecular weight is 390 g/mol. The molecule has 0 aliphatic carbocycles. The Hall–Kier alpha value is -3.25. The maximum atomic E-state index is 12.4. The number of benzene rings is 3. The predicted molar refractivity (Wildman–Crippen MR) is 114 cm³/mol. The van der Waals surface area contributed by atoms with E-state index in [1.54, 1.807) is 24.3 Å². The Morgan fingerprint density at radius 2 is 1.96 bits per heavy atom. The van der Waals surface area contributed by atoms with Crippen molar-refractivity contribution in [1.29, 1.82) is 0 Å². The van der Waals surface area contributed by atoms with Gasteiger partial charge in [-0.3, -0.25) is 4.79 Å². The topological polar surface area (TPSA) is 70.9 Å². The predicted octanol–water partition coefficient (Wildman–Crippen LogP) is 4.84. The molecule has 1 fully saturated rings. The van der Waals surface area contributed by atoms with E-state index in [1.165, 1.54) is 11.8 Å². The number of rotatable bonds is 4. The zero-order valence-corrected chi connectivity index (χ0v) is 16.0. The third-order valence-electron chi connectivity index (χ3n) is 4.22. The summed E-state index contributed by atoms with van der Waals surface area (Å²) < 4.78 is 5.40. The lowest BCUT2D eigenvalue weighted by atomic mass is 10.1. The van der Waals surface area contributed by atoms with E-state index in [1.807, 2.05) is 49.4 Å². The number of phenols is 1. The van der Waals surface area contributed by atoms with Crippen molar-refractivity contribution in [3.63, 3.8) is 0 Å². The summed E-state index contributed by atoms with van der Waals surface area (Å²) in [6.07, 6.45) is 1.76. The molecule has 5 nitrogen and oxygen atoms in total. The van der Waals surface area contributed by atoms with Gasteiger partial charge in [-0.2, -0.15) is 0 Å². The first-order chi connectivity index (χ1) is 13.6. The van der Waals surface area contributed by atoms with Crippen LogP contribution in [0.3, 0.4) is 0 Å². The molecule has 0 saturated carbocycles. The Labute approximate surface area is 166 Å². The first kappa shape index (κ1) is 18.1. The van der Waals surface area contributed by atoms with Crippen LogP contribution in [0.25, 0.3) is 16.8 Å². The van der Waals surface area contributed by atoms with Crippen LogP contribution >= 0.6 is 11.8 Å². The van der Waals surface area contributed by atoms with Crippen LogP contribution in [0, 0.1) is 0 Å². The summed E-state index contributed by atoms with van der Waals surface area (Å²) in [6, 6.07) is 18.9. The molecular weight excluding hydrogens is 372 g/mol. The van der Waals surface area contributed by atoms with E-state index < -0.39 is 0 Å². The zero-order valence-electron chi connectivity index (χ0n) is 15.2. The van der Waals surface area contributed by atoms with E-state index >= 15 is 0 Å². The molecule has 6 heteroatoms. The Kier molecular flexibility index (Phi) is 5.04. The molecule has 0 atom stereocenters. The number of thioether (sulfide) groups is 1. The minimum absolute atomic E-state index is 0.0748. The van der Waals surface area contributed by atoms with Gasteiger partial charge in [-0.05, 0) is 53.9 Å². The molecule has 0 unspecified atom stereocenters. The number of ether oxygens (including phenoxy) is 1. The van der Waals surface area contributed by atoms with Crippen molar-refractivity contribution in [2.45, 2.75) is 6.92 Å². The zero-order chi connectivity index (χ0) is 19.5. The van der Waals surface area contributed by atoms with Gasteiger partial charge in [-0.25, -0.2) is 4.99 Å². The number of nitrogens with one attached hydrogen (secondary N) is 1. The highest BCUT2D eigenvalue weighted by Gasteiger charge is 2.24. The number of fused-ring (bicyclic) bond motifs is 1. The van der Waals surface area contributed by atoms with Crippen LogP contribution in [-0.2, 0) is 4.79 Å². The van der Waals surface area contributed by atoms with Gasteiger partial charge in [0.2, 0.25) is 0 Å². The number of aliphatic imine (C=N–C) groups is 1. The first-order valence-electron chi connectivity index (χ1n) is 8.87. The minimum atomic E-state index is -0.199. The molecule has 3 aromatic rings. The van der Waals surface area contributed by atoms with Gasteiger partial charge in [-0.15, -0.1) is 0 Å². The van der Waals surface area contributed by atoms with Gasteiger partial charge < -0.3 is 15.2 Å². The van der Waals surface area contributed by atoms with E-state index in [2.05, 4.69) is 10.3 Å². The average Bonchev–Trinajstić information content (AvgIpc) is 3.04. The van der Waals surface area contributed by atoms with Crippen LogP contribution in [0.1, 0.15) is 12.5 Å². The minimum Gasteiger partial charge on any atom is -0.504 e. The second kappa shape index (κ2) is 7.78. The number of hydrogen-bond donors (Lipinski definition) is 2. The van der Waals surface area contributed by atoms with Crippen molar-refractivity contribution in [3.8, 4) is 11.5 Å². The fraction of sp³-hybridized carbons (Fsp3) is 0.0909. The maximum Gasteiger partial charge on any atom is 0.264 e. The van der Waals surface area contributed by atoms with Crippen LogP contribution in [-0.4, -0.2) is 22.8 Å². The smallest absolute Gasteiger partial charge is 0.264 e. The molecule has 0 spiro atoms. The standard InChI is InChI=1S/C22H18N2O3S/c1-2-27-19-12-14(10-11-18(19)25)13-20-21(26)24-22(28-20)23-17-9-5-7-15-6-3-4-8-16(15)17/h3-13,25H,2H2,1H3,(H,23,24,26). The molecule has 0 bridgehead atoms. The molecule has 28 heavy (non-hydrogen) atoms. The monoisotopic (exact) mass is 390 g/mol. The number of nitrogens with zero attached hydrogens (tertiary/aromatic N) is 1. The first-order valence-corrected chi connectivity index (χ1v) is 9.69. The number of carbonyl (C=O) groups is 1. The molecule has 4 rings (SSSR count). The summed E-state index contributed by atoms with van der Waals surface area (Å²) in [5.41, 5.74) is 1.58.